The Morgan fingerprint density at radius 3 is 2.31 bits per heavy atom. The Bertz CT molecular complexity index is 295. The SMILES string of the molecule is CC(C)(CF)S(=O)c1ccccc1. The molecule has 0 aromatic heterocycles. The van der Waals surface area contributed by atoms with Gasteiger partial charge in [-0.05, 0) is 26.0 Å². The average Bonchev–Trinajstić information content (AvgIpc) is 2.18. The van der Waals surface area contributed by atoms with Crippen LogP contribution in [-0.4, -0.2) is 15.6 Å². The van der Waals surface area contributed by atoms with Gasteiger partial charge in [0.2, 0.25) is 0 Å². The molecule has 1 aromatic rings. The summed E-state index contributed by atoms with van der Waals surface area (Å²) in [6.07, 6.45) is 0. The van der Waals surface area contributed by atoms with Crippen molar-refractivity contribution in [2.24, 2.45) is 0 Å². The maximum atomic E-state index is 12.5. The smallest absolute Gasteiger partial charge is 0.106 e. The molecule has 0 aliphatic rings. The molecule has 72 valence electrons. The third-order valence-electron chi connectivity index (χ3n) is 1.78. The topological polar surface area (TPSA) is 17.1 Å². The highest BCUT2D eigenvalue weighted by Gasteiger charge is 2.26. The second-order valence-electron chi connectivity index (χ2n) is 3.48. The molecule has 1 unspecified atom stereocenters. The predicted molar refractivity (Wildman–Crippen MR) is 52.9 cm³/mol. The Labute approximate surface area is 80.4 Å². The first-order chi connectivity index (χ1) is 6.08. The number of halogens is 1. The van der Waals surface area contributed by atoms with Crippen LogP contribution in [0.25, 0.3) is 0 Å². The summed E-state index contributed by atoms with van der Waals surface area (Å²) < 4.78 is 23.5. The van der Waals surface area contributed by atoms with Gasteiger partial charge in [-0.3, -0.25) is 4.21 Å². The van der Waals surface area contributed by atoms with Gasteiger partial charge in [0, 0.05) is 4.90 Å². The summed E-state index contributed by atoms with van der Waals surface area (Å²) in [5.74, 6) is 0. The Morgan fingerprint density at radius 1 is 1.31 bits per heavy atom. The first-order valence-electron chi connectivity index (χ1n) is 4.11. The zero-order chi connectivity index (χ0) is 9.90. The van der Waals surface area contributed by atoms with Gasteiger partial charge in [-0.1, -0.05) is 18.2 Å². The normalized spacial score (nSPS) is 14.1. The molecule has 3 heteroatoms. The molecule has 0 spiro atoms. The molecular weight excluding hydrogens is 187 g/mol. The summed E-state index contributed by atoms with van der Waals surface area (Å²) in [6.45, 7) is 2.75. The van der Waals surface area contributed by atoms with Crippen molar-refractivity contribution in [1.29, 1.82) is 0 Å². The van der Waals surface area contributed by atoms with Crippen molar-refractivity contribution in [3.05, 3.63) is 30.3 Å². The van der Waals surface area contributed by atoms with Crippen LogP contribution in [0, 0.1) is 0 Å². The maximum absolute atomic E-state index is 12.5. The zero-order valence-electron chi connectivity index (χ0n) is 7.79. The second-order valence-corrected chi connectivity index (χ2v) is 5.59. The molecule has 0 saturated heterocycles. The molecule has 1 rings (SSSR count). The van der Waals surface area contributed by atoms with Gasteiger partial charge in [0.05, 0.1) is 15.5 Å². The lowest BCUT2D eigenvalue weighted by molar-refractivity contribution is 0.423. The van der Waals surface area contributed by atoms with Gasteiger partial charge in [-0.25, -0.2) is 4.39 Å². The van der Waals surface area contributed by atoms with Crippen molar-refractivity contribution in [3.63, 3.8) is 0 Å². The van der Waals surface area contributed by atoms with E-state index in [4.69, 9.17) is 0 Å². The minimum Gasteiger partial charge on any atom is -0.254 e. The summed E-state index contributed by atoms with van der Waals surface area (Å²) in [5, 5.41) is 0. The van der Waals surface area contributed by atoms with E-state index < -0.39 is 22.2 Å². The van der Waals surface area contributed by atoms with Crippen LogP contribution in [0.2, 0.25) is 0 Å². The Morgan fingerprint density at radius 2 is 1.85 bits per heavy atom. The van der Waals surface area contributed by atoms with E-state index >= 15 is 0 Å². The molecule has 0 aliphatic carbocycles. The van der Waals surface area contributed by atoms with Crippen molar-refractivity contribution in [2.75, 3.05) is 6.67 Å². The van der Waals surface area contributed by atoms with Crippen molar-refractivity contribution in [2.45, 2.75) is 23.5 Å². The van der Waals surface area contributed by atoms with Crippen LogP contribution in [0.15, 0.2) is 35.2 Å². The molecule has 0 heterocycles. The molecule has 0 amide bonds. The highest BCUT2D eigenvalue weighted by molar-refractivity contribution is 7.86. The van der Waals surface area contributed by atoms with E-state index in [0.29, 0.717) is 4.90 Å². The first-order valence-corrected chi connectivity index (χ1v) is 5.26. The lowest BCUT2D eigenvalue weighted by Gasteiger charge is -2.19. The Kier molecular flexibility index (Phi) is 3.20. The number of benzene rings is 1. The van der Waals surface area contributed by atoms with Crippen LogP contribution < -0.4 is 0 Å². The average molecular weight is 200 g/mol. The van der Waals surface area contributed by atoms with E-state index in [0.717, 1.165) is 0 Å². The van der Waals surface area contributed by atoms with Gasteiger partial charge >= 0.3 is 0 Å². The van der Waals surface area contributed by atoms with E-state index in [2.05, 4.69) is 0 Å². The van der Waals surface area contributed by atoms with E-state index in [1.165, 1.54) is 0 Å². The number of rotatable bonds is 3. The van der Waals surface area contributed by atoms with Gasteiger partial charge in [0.15, 0.2) is 0 Å². The molecule has 1 nitrogen and oxygen atoms in total. The predicted octanol–water partition coefficient (Wildman–Crippen LogP) is 2.54. The molecule has 0 radical (unpaired) electrons. The molecule has 0 N–H and O–H groups in total. The van der Waals surface area contributed by atoms with Crippen LogP contribution in [0.1, 0.15) is 13.8 Å². The van der Waals surface area contributed by atoms with Gasteiger partial charge in [-0.15, -0.1) is 0 Å². The molecule has 1 atom stereocenters. The van der Waals surface area contributed by atoms with E-state index in [9.17, 15) is 8.60 Å². The fourth-order valence-electron chi connectivity index (χ4n) is 0.913. The Balaban J connectivity index is 2.93. The summed E-state index contributed by atoms with van der Waals surface area (Å²) >= 11 is 0. The van der Waals surface area contributed by atoms with E-state index in [1.54, 1.807) is 26.0 Å². The highest BCUT2D eigenvalue weighted by Crippen LogP contribution is 2.20. The summed E-state index contributed by atoms with van der Waals surface area (Å²) in [7, 11) is -1.27. The van der Waals surface area contributed by atoms with Crippen molar-refractivity contribution < 1.29 is 8.60 Å². The minimum atomic E-state index is -1.27. The zero-order valence-corrected chi connectivity index (χ0v) is 8.60. The molecule has 0 fully saturated rings. The summed E-state index contributed by atoms with van der Waals surface area (Å²) in [4.78, 5) is 0.685. The Hall–Kier alpha value is -0.700. The van der Waals surface area contributed by atoms with Crippen LogP contribution in [0.3, 0.4) is 0 Å². The fraction of sp³-hybridized carbons (Fsp3) is 0.400. The minimum absolute atomic E-state index is 0.575. The quantitative estimate of drug-likeness (QED) is 0.732. The molecule has 0 bridgehead atoms. The molecule has 0 saturated carbocycles. The lowest BCUT2D eigenvalue weighted by Crippen LogP contribution is -2.28. The van der Waals surface area contributed by atoms with Crippen molar-refractivity contribution in [3.8, 4) is 0 Å². The van der Waals surface area contributed by atoms with E-state index in [1.807, 2.05) is 18.2 Å². The van der Waals surface area contributed by atoms with Crippen LogP contribution in [0.5, 0.6) is 0 Å². The second kappa shape index (κ2) is 4.01. The van der Waals surface area contributed by atoms with Crippen LogP contribution >= 0.6 is 0 Å². The molecular formula is C10H13FOS. The van der Waals surface area contributed by atoms with Crippen molar-refractivity contribution in [1.82, 2.24) is 0 Å². The van der Waals surface area contributed by atoms with Crippen molar-refractivity contribution >= 4 is 10.8 Å². The van der Waals surface area contributed by atoms with Gasteiger partial charge in [0.1, 0.15) is 6.67 Å². The number of hydrogen-bond donors (Lipinski definition) is 0. The highest BCUT2D eigenvalue weighted by atomic mass is 32.2. The standard InChI is InChI=1S/C10H13FOS/c1-10(2,8-11)13(12)9-6-4-3-5-7-9/h3-7H,8H2,1-2H3. The summed E-state index contributed by atoms with van der Waals surface area (Å²) in [6, 6.07) is 8.98. The molecule has 1 aromatic carbocycles. The molecule has 13 heavy (non-hydrogen) atoms. The monoisotopic (exact) mass is 200 g/mol. The van der Waals surface area contributed by atoms with Crippen LogP contribution in [-0.2, 0) is 10.8 Å². The number of alkyl halides is 1. The van der Waals surface area contributed by atoms with Gasteiger partial charge < -0.3 is 0 Å². The van der Waals surface area contributed by atoms with Gasteiger partial charge in [-0.2, -0.15) is 0 Å². The largest absolute Gasteiger partial charge is 0.254 e. The summed E-state index contributed by atoms with van der Waals surface area (Å²) in [5.41, 5.74) is 0. The third-order valence-corrected chi connectivity index (χ3v) is 3.59. The van der Waals surface area contributed by atoms with Crippen LogP contribution in [0.4, 0.5) is 4.39 Å². The molecule has 0 aliphatic heterocycles. The maximum Gasteiger partial charge on any atom is 0.106 e. The van der Waals surface area contributed by atoms with Gasteiger partial charge in [0.25, 0.3) is 0 Å². The third kappa shape index (κ3) is 2.37. The van der Waals surface area contributed by atoms with E-state index in [-0.39, 0.29) is 0 Å². The lowest BCUT2D eigenvalue weighted by atomic mass is 10.2. The number of hydrogen-bond acceptors (Lipinski definition) is 1. The fourth-order valence-corrected chi connectivity index (χ4v) is 2.05. The first kappa shape index (κ1) is 10.4.